The van der Waals surface area contributed by atoms with E-state index >= 15 is 0 Å². The molecule has 2 aromatic heterocycles. The maximum atomic E-state index is 2.40. The summed E-state index contributed by atoms with van der Waals surface area (Å²) in [7, 11) is 0. The van der Waals surface area contributed by atoms with Gasteiger partial charge in [0.25, 0.3) is 0 Å². The Bertz CT molecular complexity index is 2790. The summed E-state index contributed by atoms with van der Waals surface area (Å²) in [6.45, 7) is 0. The van der Waals surface area contributed by atoms with Gasteiger partial charge in [0.05, 0.1) is 11.0 Å². The van der Waals surface area contributed by atoms with Crippen LogP contribution in [0.2, 0.25) is 0 Å². The summed E-state index contributed by atoms with van der Waals surface area (Å²) in [5, 5.41) is 10.2. The molecule has 0 spiro atoms. The molecule has 3 heteroatoms. The molecule has 0 atom stereocenters. The van der Waals surface area contributed by atoms with Crippen LogP contribution in [0.15, 0.2) is 170 Å². The molecule has 2 heterocycles. The van der Waals surface area contributed by atoms with Crippen LogP contribution in [0.3, 0.4) is 0 Å². The molecule has 10 aromatic rings. The fourth-order valence-corrected chi connectivity index (χ4v) is 8.54. The molecule has 0 radical (unpaired) electrons. The summed E-state index contributed by atoms with van der Waals surface area (Å²) < 4.78 is 5.02. The van der Waals surface area contributed by atoms with Crippen LogP contribution < -0.4 is 4.90 Å². The van der Waals surface area contributed by atoms with Crippen LogP contribution in [0.5, 0.6) is 0 Å². The van der Waals surface area contributed by atoms with Crippen molar-refractivity contribution in [3.05, 3.63) is 170 Å². The Hall–Kier alpha value is -5.90. The van der Waals surface area contributed by atoms with Crippen LogP contribution in [-0.2, 0) is 0 Å². The van der Waals surface area contributed by atoms with E-state index in [9.17, 15) is 0 Å². The highest BCUT2D eigenvalue weighted by molar-refractivity contribution is 7.26. The molecule has 0 N–H and O–H groups in total. The van der Waals surface area contributed by atoms with Crippen LogP contribution in [0.4, 0.5) is 17.1 Å². The minimum atomic E-state index is 1.13. The maximum Gasteiger partial charge on any atom is 0.0547 e. The smallest absolute Gasteiger partial charge is 0.0547 e. The van der Waals surface area contributed by atoms with E-state index < -0.39 is 0 Å². The Morgan fingerprint density at radius 3 is 1.87 bits per heavy atom. The summed E-state index contributed by atoms with van der Waals surface area (Å²) in [5.74, 6) is 0. The molecule has 0 aliphatic heterocycles. The van der Waals surface area contributed by atoms with Crippen molar-refractivity contribution in [3.63, 3.8) is 0 Å². The molecular weight excluding hydrogens is 589 g/mol. The first-order chi connectivity index (χ1) is 23.3. The van der Waals surface area contributed by atoms with Crippen molar-refractivity contribution in [2.24, 2.45) is 0 Å². The SMILES string of the molecule is c1ccc(N(c2ccc3c(c2)sc2ccc4ccccc4c23)c2ccc3c(c2)c2cc4ccccc4cc2n3-c2ccccc2)cc1. The molecule has 2 nitrogen and oxygen atoms in total. The van der Waals surface area contributed by atoms with Crippen LogP contribution in [0.1, 0.15) is 0 Å². The minimum absolute atomic E-state index is 1.13. The van der Waals surface area contributed by atoms with Crippen LogP contribution >= 0.6 is 11.3 Å². The first-order valence-corrected chi connectivity index (χ1v) is 16.8. The predicted octanol–water partition coefficient (Wildman–Crippen LogP) is 12.9. The third kappa shape index (κ3) is 4.10. The number of thiophene rings is 1. The third-order valence-corrected chi connectivity index (χ3v) is 10.6. The van der Waals surface area contributed by atoms with Crippen molar-refractivity contribution in [1.82, 2.24) is 4.57 Å². The highest BCUT2D eigenvalue weighted by Gasteiger charge is 2.19. The maximum absolute atomic E-state index is 2.40. The number of hydrogen-bond acceptors (Lipinski definition) is 2. The fraction of sp³-hybridized carbons (Fsp3) is 0. The van der Waals surface area contributed by atoms with Crippen LogP contribution in [0, 0.1) is 0 Å². The highest BCUT2D eigenvalue weighted by Crippen LogP contribution is 2.44. The lowest BCUT2D eigenvalue weighted by Crippen LogP contribution is -2.09. The Balaban J connectivity index is 1.22. The zero-order chi connectivity index (χ0) is 30.9. The Morgan fingerprint density at radius 2 is 1.04 bits per heavy atom. The molecule has 0 aliphatic carbocycles. The lowest BCUT2D eigenvalue weighted by Gasteiger charge is -2.25. The second-order valence-electron chi connectivity index (χ2n) is 12.2. The molecule has 0 amide bonds. The van der Waals surface area contributed by atoms with E-state index in [1.807, 2.05) is 11.3 Å². The highest BCUT2D eigenvalue weighted by atomic mass is 32.1. The molecule has 0 unspecified atom stereocenters. The van der Waals surface area contributed by atoms with Crippen molar-refractivity contribution in [3.8, 4) is 5.69 Å². The van der Waals surface area contributed by atoms with Gasteiger partial charge >= 0.3 is 0 Å². The average Bonchev–Trinajstić information content (AvgIpc) is 3.66. The van der Waals surface area contributed by atoms with Crippen molar-refractivity contribution < 1.29 is 0 Å². The van der Waals surface area contributed by atoms with Gasteiger partial charge in [0.15, 0.2) is 0 Å². The second-order valence-corrected chi connectivity index (χ2v) is 13.3. The molecular formula is C44H28N2S. The third-order valence-electron chi connectivity index (χ3n) is 9.51. The van der Waals surface area contributed by atoms with Crippen LogP contribution in [-0.4, -0.2) is 4.57 Å². The van der Waals surface area contributed by atoms with Crippen LogP contribution in [0.25, 0.3) is 69.2 Å². The van der Waals surface area contributed by atoms with E-state index in [-0.39, 0.29) is 0 Å². The predicted molar refractivity (Wildman–Crippen MR) is 203 cm³/mol. The van der Waals surface area contributed by atoms with E-state index in [0.29, 0.717) is 0 Å². The van der Waals surface area contributed by atoms with E-state index in [0.717, 1.165) is 22.7 Å². The quantitative estimate of drug-likeness (QED) is 0.191. The number of hydrogen-bond donors (Lipinski definition) is 0. The van der Waals surface area contributed by atoms with Gasteiger partial charge in [0.1, 0.15) is 0 Å². The zero-order valence-electron chi connectivity index (χ0n) is 25.5. The molecule has 8 aromatic carbocycles. The monoisotopic (exact) mass is 616 g/mol. The number of para-hydroxylation sites is 2. The molecule has 0 fully saturated rings. The van der Waals surface area contributed by atoms with E-state index in [2.05, 4.69) is 179 Å². The van der Waals surface area contributed by atoms with Gasteiger partial charge in [-0.05, 0) is 94.3 Å². The number of anilines is 3. The van der Waals surface area contributed by atoms with Crippen molar-refractivity contribution in [1.29, 1.82) is 0 Å². The van der Waals surface area contributed by atoms with Crippen molar-refractivity contribution in [2.45, 2.75) is 0 Å². The van der Waals surface area contributed by atoms with Gasteiger partial charge in [-0.2, -0.15) is 0 Å². The van der Waals surface area contributed by atoms with E-state index in [4.69, 9.17) is 0 Å². The van der Waals surface area contributed by atoms with Gasteiger partial charge in [-0.3, -0.25) is 0 Å². The summed E-state index contributed by atoms with van der Waals surface area (Å²) in [5.41, 5.74) is 7.00. The summed E-state index contributed by atoms with van der Waals surface area (Å²) in [6.07, 6.45) is 0. The summed E-state index contributed by atoms with van der Waals surface area (Å²) >= 11 is 1.87. The Morgan fingerprint density at radius 1 is 0.383 bits per heavy atom. The largest absolute Gasteiger partial charge is 0.310 e. The molecule has 0 saturated heterocycles. The molecule has 0 bridgehead atoms. The van der Waals surface area contributed by atoms with Gasteiger partial charge in [-0.15, -0.1) is 11.3 Å². The Kier molecular flexibility index (Phi) is 5.78. The molecule has 220 valence electrons. The molecule has 0 saturated carbocycles. The first-order valence-electron chi connectivity index (χ1n) is 16.0. The second kappa shape index (κ2) is 10.3. The molecule has 10 rings (SSSR count). The van der Waals surface area contributed by atoms with Gasteiger partial charge in [0, 0.05) is 53.7 Å². The fourth-order valence-electron chi connectivity index (χ4n) is 7.39. The van der Waals surface area contributed by atoms with E-state index in [1.165, 1.54) is 63.5 Å². The van der Waals surface area contributed by atoms with Crippen molar-refractivity contribution >= 4 is 91.9 Å². The molecule has 0 aliphatic rings. The standard InChI is InChI=1S/C44H28N2S/c1-3-14-32(15-4-1)45(35-20-22-37-43(28-35)47-42-24-19-29-11-9-10-18-36(29)44(37)42)34-21-23-40-39(27-34)38-25-30-12-7-8-13-31(30)26-41(38)46(40)33-16-5-2-6-17-33/h1-28H. The lowest BCUT2D eigenvalue weighted by atomic mass is 10.0. The van der Waals surface area contributed by atoms with Gasteiger partial charge in [-0.1, -0.05) is 97.1 Å². The van der Waals surface area contributed by atoms with E-state index in [1.54, 1.807) is 0 Å². The number of nitrogens with zero attached hydrogens (tertiary/aromatic N) is 2. The number of fused-ring (bicyclic) bond motifs is 9. The lowest BCUT2D eigenvalue weighted by molar-refractivity contribution is 1.18. The van der Waals surface area contributed by atoms with Crippen molar-refractivity contribution in [2.75, 3.05) is 4.90 Å². The average molecular weight is 617 g/mol. The normalized spacial score (nSPS) is 11.8. The first kappa shape index (κ1) is 26.3. The summed E-state index contributed by atoms with van der Waals surface area (Å²) in [6, 6.07) is 62.0. The van der Waals surface area contributed by atoms with Gasteiger partial charge in [0.2, 0.25) is 0 Å². The number of benzene rings is 8. The zero-order valence-corrected chi connectivity index (χ0v) is 26.3. The number of rotatable bonds is 4. The minimum Gasteiger partial charge on any atom is -0.310 e. The number of aromatic nitrogens is 1. The van der Waals surface area contributed by atoms with Gasteiger partial charge in [-0.25, -0.2) is 0 Å². The molecule has 47 heavy (non-hydrogen) atoms. The summed E-state index contributed by atoms with van der Waals surface area (Å²) in [4.78, 5) is 2.40. The van der Waals surface area contributed by atoms with Gasteiger partial charge < -0.3 is 9.47 Å². The Labute approximate surface area is 276 Å². The topological polar surface area (TPSA) is 8.17 Å².